The molecule has 3 heteroatoms. The van der Waals surface area contributed by atoms with Crippen LogP contribution in [0.1, 0.15) is 26.3 Å². The monoisotopic (exact) mass is 251 g/mol. The largest absolute Gasteiger partial charge is 0.312 e. The first-order valence-electron chi connectivity index (χ1n) is 5.87. The summed E-state index contributed by atoms with van der Waals surface area (Å²) >= 11 is 1.50. The maximum absolute atomic E-state index is 13.5. The molecule has 0 aliphatic rings. The number of nitrogens with one attached hydrogen (secondary N) is 1. The van der Waals surface area contributed by atoms with Crippen molar-refractivity contribution in [1.82, 2.24) is 5.32 Å². The van der Waals surface area contributed by atoms with E-state index >= 15 is 0 Å². The lowest BCUT2D eigenvalue weighted by Gasteiger charge is -2.20. The van der Waals surface area contributed by atoms with E-state index in [1.54, 1.807) is 6.07 Å². The van der Waals surface area contributed by atoms with Crippen LogP contribution in [0.15, 0.2) is 23.6 Å². The summed E-state index contributed by atoms with van der Waals surface area (Å²) in [4.78, 5) is 0. The number of rotatable bonds is 3. The lowest BCUT2D eigenvalue weighted by atomic mass is 10.1. The summed E-state index contributed by atoms with van der Waals surface area (Å²) in [5, 5.41) is 6.58. The van der Waals surface area contributed by atoms with Gasteiger partial charge >= 0.3 is 0 Å². The van der Waals surface area contributed by atoms with Gasteiger partial charge in [0.1, 0.15) is 5.82 Å². The Balaban J connectivity index is 2.12. The van der Waals surface area contributed by atoms with E-state index in [4.69, 9.17) is 0 Å². The van der Waals surface area contributed by atoms with Gasteiger partial charge in [0, 0.05) is 5.54 Å². The molecule has 17 heavy (non-hydrogen) atoms. The molecular formula is C14H18FNS. The average Bonchev–Trinajstić information content (AvgIpc) is 2.61. The first-order chi connectivity index (χ1) is 7.97. The Kier molecular flexibility index (Phi) is 3.50. The van der Waals surface area contributed by atoms with E-state index in [-0.39, 0.29) is 11.4 Å². The summed E-state index contributed by atoms with van der Waals surface area (Å²) in [6.45, 7) is 7.38. The predicted molar refractivity (Wildman–Crippen MR) is 73.2 cm³/mol. The molecular weight excluding hydrogens is 233 g/mol. The summed E-state index contributed by atoms with van der Waals surface area (Å²) in [6, 6.07) is 5.31. The van der Waals surface area contributed by atoms with Crippen molar-refractivity contribution in [3.8, 4) is 0 Å². The third-order valence-electron chi connectivity index (χ3n) is 2.68. The van der Waals surface area contributed by atoms with Crippen LogP contribution in [0, 0.1) is 5.82 Å². The Morgan fingerprint density at radius 2 is 2.06 bits per heavy atom. The molecule has 0 spiro atoms. The highest BCUT2D eigenvalue weighted by atomic mass is 32.1. The van der Waals surface area contributed by atoms with Gasteiger partial charge in [-0.25, -0.2) is 4.39 Å². The molecule has 1 nitrogen and oxygen atoms in total. The summed E-state index contributed by atoms with van der Waals surface area (Å²) < 4.78 is 14.3. The molecule has 1 aromatic carbocycles. The Bertz CT molecular complexity index is 510. The highest BCUT2D eigenvalue weighted by molar-refractivity contribution is 7.17. The molecule has 2 rings (SSSR count). The lowest BCUT2D eigenvalue weighted by molar-refractivity contribution is 0.430. The molecule has 0 saturated heterocycles. The van der Waals surface area contributed by atoms with Gasteiger partial charge in [0.15, 0.2) is 0 Å². The fourth-order valence-electron chi connectivity index (χ4n) is 1.84. The molecule has 0 saturated carbocycles. The van der Waals surface area contributed by atoms with Gasteiger partial charge in [-0.15, -0.1) is 11.3 Å². The zero-order valence-electron chi connectivity index (χ0n) is 10.5. The van der Waals surface area contributed by atoms with Gasteiger partial charge < -0.3 is 5.32 Å². The first kappa shape index (κ1) is 12.5. The molecule has 1 aromatic heterocycles. The van der Waals surface area contributed by atoms with Crippen LogP contribution in [0.5, 0.6) is 0 Å². The zero-order valence-corrected chi connectivity index (χ0v) is 11.3. The normalized spacial score (nSPS) is 12.2. The number of fused-ring (bicyclic) bond motifs is 1. The van der Waals surface area contributed by atoms with Crippen molar-refractivity contribution in [1.29, 1.82) is 0 Å². The molecule has 0 aliphatic heterocycles. The number of halogens is 1. The van der Waals surface area contributed by atoms with Gasteiger partial charge in [0.2, 0.25) is 0 Å². The average molecular weight is 251 g/mol. The molecule has 0 bridgehead atoms. The third-order valence-corrected chi connectivity index (χ3v) is 3.73. The van der Waals surface area contributed by atoms with Crippen molar-refractivity contribution in [2.24, 2.45) is 0 Å². The maximum Gasteiger partial charge on any atom is 0.140 e. The second-order valence-electron chi connectivity index (χ2n) is 5.30. The minimum Gasteiger partial charge on any atom is -0.312 e. The highest BCUT2D eigenvalue weighted by Gasteiger charge is 2.10. The van der Waals surface area contributed by atoms with E-state index in [9.17, 15) is 4.39 Å². The number of hydrogen-bond acceptors (Lipinski definition) is 2. The second kappa shape index (κ2) is 4.75. The fraction of sp³-hybridized carbons (Fsp3) is 0.429. The van der Waals surface area contributed by atoms with E-state index in [2.05, 4.69) is 31.5 Å². The molecule has 0 atom stereocenters. The minimum atomic E-state index is -0.109. The van der Waals surface area contributed by atoms with Gasteiger partial charge in [0.25, 0.3) is 0 Å². The Morgan fingerprint density at radius 3 is 2.76 bits per heavy atom. The fourth-order valence-corrected chi connectivity index (χ4v) is 2.85. The molecule has 1 heterocycles. The van der Waals surface area contributed by atoms with E-state index in [0.717, 1.165) is 23.1 Å². The predicted octanol–water partition coefficient (Wildman–Crippen LogP) is 3.97. The molecule has 0 radical (unpaired) electrons. The van der Waals surface area contributed by atoms with Gasteiger partial charge in [-0.3, -0.25) is 0 Å². The van der Waals surface area contributed by atoms with Gasteiger partial charge in [0.05, 0.1) is 4.70 Å². The number of thiophene rings is 1. The Morgan fingerprint density at radius 1 is 1.29 bits per heavy atom. The quantitative estimate of drug-likeness (QED) is 0.870. The first-order valence-corrected chi connectivity index (χ1v) is 6.75. The standard InChI is InChI=1S/C14H18FNS/c1-14(2,3)16-8-7-10-9-17-13-11(10)5-4-6-12(13)15/h4-6,9,16H,7-8H2,1-3H3. The molecule has 2 aromatic rings. The van der Waals surface area contributed by atoms with Crippen LogP contribution >= 0.6 is 11.3 Å². The second-order valence-corrected chi connectivity index (χ2v) is 6.18. The number of hydrogen-bond donors (Lipinski definition) is 1. The van der Waals surface area contributed by atoms with Crippen LogP contribution in [0.4, 0.5) is 4.39 Å². The van der Waals surface area contributed by atoms with Crippen molar-refractivity contribution in [2.45, 2.75) is 32.7 Å². The molecule has 0 aliphatic carbocycles. The Hall–Kier alpha value is -0.930. The topological polar surface area (TPSA) is 12.0 Å². The van der Waals surface area contributed by atoms with Gasteiger partial charge in [-0.05, 0) is 56.1 Å². The van der Waals surface area contributed by atoms with Gasteiger partial charge in [-0.2, -0.15) is 0 Å². The van der Waals surface area contributed by atoms with Crippen LogP contribution in [-0.2, 0) is 6.42 Å². The van der Waals surface area contributed by atoms with Crippen LogP contribution in [-0.4, -0.2) is 12.1 Å². The van der Waals surface area contributed by atoms with Crippen LogP contribution < -0.4 is 5.32 Å². The highest BCUT2D eigenvalue weighted by Crippen LogP contribution is 2.28. The van der Waals surface area contributed by atoms with Crippen LogP contribution in [0.2, 0.25) is 0 Å². The number of benzene rings is 1. The van der Waals surface area contributed by atoms with E-state index in [0.29, 0.717) is 0 Å². The summed E-state index contributed by atoms with van der Waals surface area (Å²) in [5.41, 5.74) is 1.37. The summed E-state index contributed by atoms with van der Waals surface area (Å²) in [7, 11) is 0. The molecule has 92 valence electrons. The minimum absolute atomic E-state index is 0.109. The van der Waals surface area contributed by atoms with Gasteiger partial charge in [-0.1, -0.05) is 12.1 Å². The van der Waals surface area contributed by atoms with E-state index in [1.807, 2.05) is 6.07 Å². The molecule has 0 amide bonds. The third kappa shape index (κ3) is 3.05. The molecule has 1 N–H and O–H groups in total. The van der Waals surface area contributed by atoms with Crippen molar-refractivity contribution < 1.29 is 4.39 Å². The summed E-state index contributed by atoms with van der Waals surface area (Å²) in [5.74, 6) is -0.109. The lowest BCUT2D eigenvalue weighted by Crippen LogP contribution is -2.37. The van der Waals surface area contributed by atoms with Crippen molar-refractivity contribution in [3.05, 3.63) is 35.0 Å². The Labute approximate surface area is 106 Å². The van der Waals surface area contributed by atoms with E-state index < -0.39 is 0 Å². The SMILES string of the molecule is CC(C)(C)NCCc1csc2c(F)cccc12. The van der Waals surface area contributed by atoms with Crippen LogP contribution in [0.25, 0.3) is 10.1 Å². The van der Waals surface area contributed by atoms with Crippen molar-refractivity contribution >= 4 is 21.4 Å². The van der Waals surface area contributed by atoms with E-state index in [1.165, 1.54) is 23.0 Å². The van der Waals surface area contributed by atoms with Crippen LogP contribution in [0.3, 0.4) is 0 Å². The maximum atomic E-state index is 13.5. The zero-order chi connectivity index (χ0) is 12.5. The molecule has 0 unspecified atom stereocenters. The summed E-state index contributed by atoms with van der Waals surface area (Å²) in [6.07, 6.45) is 0.945. The van der Waals surface area contributed by atoms with Crippen molar-refractivity contribution in [3.63, 3.8) is 0 Å². The molecule has 0 fully saturated rings. The smallest absolute Gasteiger partial charge is 0.140 e. The van der Waals surface area contributed by atoms with Crippen molar-refractivity contribution in [2.75, 3.05) is 6.54 Å².